The van der Waals surface area contributed by atoms with Crippen LogP contribution in [0.1, 0.15) is 96.8 Å². The van der Waals surface area contributed by atoms with Crippen LogP contribution in [0.4, 0.5) is 0 Å². The summed E-state index contributed by atoms with van der Waals surface area (Å²) in [5, 5.41) is 0. The van der Waals surface area contributed by atoms with Crippen molar-refractivity contribution in [2.75, 3.05) is 0 Å². The molecule has 0 aliphatic rings. The summed E-state index contributed by atoms with van der Waals surface area (Å²) in [7, 11) is 0. The molecule has 0 aromatic heterocycles. The minimum Gasteiger partial charge on any atom is -0.343 e. The summed E-state index contributed by atoms with van der Waals surface area (Å²) < 4.78 is 0. The zero-order chi connectivity index (χ0) is 16.1. The van der Waals surface area contributed by atoms with Crippen molar-refractivity contribution < 1.29 is 0 Å². The van der Waals surface area contributed by atoms with E-state index in [1.54, 1.807) is 0 Å². The van der Waals surface area contributed by atoms with Crippen LogP contribution in [0.2, 0.25) is 0 Å². The van der Waals surface area contributed by atoms with E-state index in [-0.39, 0.29) is 40.0 Å². The quantitative estimate of drug-likeness (QED) is 0.176. The molecule has 0 aliphatic heterocycles. The molecular weight excluding hydrogens is 368 g/mol. The number of hydrogen-bond acceptors (Lipinski definition) is 0. The first kappa shape index (κ1) is 29.2. The van der Waals surface area contributed by atoms with Crippen LogP contribution in [-0.4, -0.2) is 23.1 Å². The molecule has 0 saturated carbocycles. The van der Waals surface area contributed by atoms with Gasteiger partial charge in [-0.1, -0.05) is 90.4 Å². The number of halogens is 1. The minimum atomic E-state index is 0. The Labute approximate surface area is 179 Å². The van der Waals surface area contributed by atoms with E-state index < -0.39 is 0 Å². The topological polar surface area (TPSA) is 0 Å². The van der Waals surface area contributed by atoms with Gasteiger partial charge in [-0.25, -0.2) is 0 Å². The van der Waals surface area contributed by atoms with E-state index in [9.17, 15) is 0 Å². The summed E-state index contributed by atoms with van der Waals surface area (Å²) >= 11 is 0. The summed E-state index contributed by atoms with van der Waals surface area (Å²) in [6, 6.07) is 12.5. The van der Waals surface area contributed by atoms with E-state index in [0.29, 0.717) is 0 Å². The van der Waals surface area contributed by atoms with Crippen molar-refractivity contribution in [3.8, 4) is 0 Å². The first-order valence-electron chi connectivity index (χ1n) is 9.62. The smallest absolute Gasteiger partial charge is 0.343 e. The molecule has 0 N–H and O–H groups in total. The minimum absolute atomic E-state index is 0. The molecule has 2 heteroatoms. The average molecular weight is 408 g/mol. The van der Waals surface area contributed by atoms with Crippen molar-refractivity contribution >= 4 is 40.0 Å². The molecule has 0 spiro atoms. The third-order valence-electron chi connectivity index (χ3n) is 3.96. The standard InChI is InChI=1S/C16H33.C6H5.BrH.Mg/c1-3-5-7-9-11-13-15-16-14-12-10-8-6-4-2;1-2-4-6-5-3-1;;/h1,3-16H2,2H3;1-5H;1H;/q2*-1;;+2. The Morgan fingerprint density at radius 2 is 1.00 bits per heavy atom. The van der Waals surface area contributed by atoms with Crippen LogP contribution < -0.4 is 0 Å². The van der Waals surface area contributed by atoms with Gasteiger partial charge in [0.25, 0.3) is 0 Å². The van der Waals surface area contributed by atoms with Crippen LogP contribution in [0.15, 0.2) is 30.3 Å². The van der Waals surface area contributed by atoms with Gasteiger partial charge < -0.3 is 6.92 Å². The van der Waals surface area contributed by atoms with Crippen molar-refractivity contribution in [1.82, 2.24) is 0 Å². The van der Waals surface area contributed by atoms with Crippen molar-refractivity contribution in [3.63, 3.8) is 0 Å². The molecular formula is C22H39BrMg. The van der Waals surface area contributed by atoms with Crippen LogP contribution in [0, 0.1) is 13.0 Å². The maximum Gasteiger partial charge on any atom is 2.00 e. The van der Waals surface area contributed by atoms with Crippen LogP contribution >= 0.6 is 17.0 Å². The normalized spacial score (nSPS) is 9.25. The molecule has 0 unspecified atom stereocenters. The van der Waals surface area contributed by atoms with E-state index in [0.717, 1.165) is 6.42 Å². The van der Waals surface area contributed by atoms with Gasteiger partial charge in [-0.05, 0) is 0 Å². The Kier molecular flexibility index (Phi) is 34.4. The summed E-state index contributed by atoms with van der Waals surface area (Å²) in [6.45, 7) is 6.16. The number of benzene rings is 1. The molecule has 1 aromatic carbocycles. The molecule has 1 rings (SSSR count). The molecule has 136 valence electrons. The van der Waals surface area contributed by atoms with Crippen molar-refractivity contribution in [2.24, 2.45) is 0 Å². The fraction of sp³-hybridized carbons (Fsp3) is 0.682. The fourth-order valence-electron chi connectivity index (χ4n) is 2.54. The second-order valence-corrected chi connectivity index (χ2v) is 6.17. The van der Waals surface area contributed by atoms with Crippen molar-refractivity contribution in [1.29, 1.82) is 0 Å². The maximum atomic E-state index is 3.87. The zero-order valence-electron chi connectivity index (χ0n) is 16.1. The zero-order valence-corrected chi connectivity index (χ0v) is 19.2. The molecule has 24 heavy (non-hydrogen) atoms. The second kappa shape index (κ2) is 28.3. The van der Waals surface area contributed by atoms with Crippen LogP contribution in [0.5, 0.6) is 0 Å². The predicted molar refractivity (Wildman–Crippen MR) is 117 cm³/mol. The SMILES string of the molecule is Br.[CH2-]CCCCCCCCCCCCCCC.[Mg+2].[c-]1ccccc1. The molecule has 0 atom stereocenters. The predicted octanol–water partition coefficient (Wildman–Crippen LogP) is 7.99. The van der Waals surface area contributed by atoms with Crippen LogP contribution in [0.25, 0.3) is 0 Å². The molecule has 0 heterocycles. The van der Waals surface area contributed by atoms with Gasteiger partial charge in [0.2, 0.25) is 0 Å². The molecule has 0 nitrogen and oxygen atoms in total. The summed E-state index contributed by atoms with van der Waals surface area (Å²) in [6.07, 6.45) is 19.8. The Hall–Kier alpha value is 0.466. The molecule has 0 radical (unpaired) electrons. The van der Waals surface area contributed by atoms with Gasteiger partial charge >= 0.3 is 23.1 Å². The summed E-state index contributed by atoms with van der Waals surface area (Å²) in [5.74, 6) is 0. The molecule has 0 fully saturated rings. The maximum absolute atomic E-state index is 3.87. The number of unbranched alkanes of at least 4 members (excludes halogenated alkanes) is 13. The molecule has 1 aromatic rings. The second-order valence-electron chi connectivity index (χ2n) is 6.17. The first-order valence-corrected chi connectivity index (χ1v) is 9.62. The summed E-state index contributed by atoms with van der Waals surface area (Å²) in [4.78, 5) is 0. The van der Waals surface area contributed by atoms with E-state index >= 15 is 0 Å². The largest absolute Gasteiger partial charge is 2.00 e. The Morgan fingerprint density at radius 3 is 1.25 bits per heavy atom. The molecule has 0 amide bonds. The van der Waals surface area contributed by atoms with Gasteiger partial charge in [-0.2, -0.15) is 42.8 Å². The third kappa shape index (κ3) is 27.3. The van der Waals surface area contributed by atoms with Crippen LogP contribution in [0.3, 0.4) is 0 Å². The molecule has 0 aliphatic carbocycles. The van der Waals surface area contributed by atoms with Gasteiger partial charge in [0.15, 0.2) is 0 Å². The van der Waals surface area contributed by atoms with E-state index in [4.69, 9.17) is 0 Å². The van der Waals surface area contributed by atoms with E-state index in [2.05, 4.69) is 19.9 Å². The number of hydrogen-bond donors (Lipinski definition) is 0. The summed E-state index contributed by atoms with van der Waals surface area (Å²) in [5.41, 5.74) is 0. The molecule has 0 saturated heterocycles. The van der Waals surface area contributed by atoms with Gasteiger partial charge in [-0.15, -0.1) is 17.0 Å². The monoisotopic (exact) mass is 406 g/mol. The Balaban J connectivity index is -0.000000464. The van der Waals surface area contributed by atoms with Crippen LogP contribution in [-0.2, 0) is 0 Å². The Bertz CT molecular complexity index is 236. The number of rotatable bonds is 13. The average Bonchev–Trinajstić information content (AvgIpc) is 2.58. The Morgan fingerprint density at radius 1 is 0.625 bits per heavy atom. The van der Waals surface area contributed by atoms with Crippen molar-refractivity contribution in [2.45, 2.75) is 96.8 Å². The van der Waals surface area contributed by atoms with E-state index in [1.807, 2.05) is 30.3 Å². The molecule has 0 bridgehead atoms. The van der Waals surface area contributed by atoms with Gasteiger partial charge in [0.05, 0.1) is 0 Å². The van der Waals surface area contributed by atoms with Crippen molar-refractivity contribution in [3.05, 3.63) is 43.3 Å². The fourth-order valence-corrected chi connectivity index (χ4v) is 2.54. The van der Waals surface area contributed by atoms with Gasteiger partial charge in [-0.3, -0.25) is 0 Å². The third-order valence-corrected chi connectivity index (χ3v) is 3.96. The first-order chi connectivity index (χ1) is 10.9. The van der Waals surface area contributed by atoms with Gasteiger partial charge in [0.1, 0.15) is 0 Å². The van der Waals surface area contributed by atoms with Gasteiger partial charge in [0, 0.05) is 0 Å². The van der Waals surface area contributed by atoms with E-state index in [1.165, 1.54) is 83.5 Å².